The van der Waals surface area contributed by atoms with Crippen LogP contribution in [0.5, 0.6) is 0 Å². The van der Waals surface area contributed by atoms with Crippen LogP contribution in [0.2, 0.25) is 19.6 Å². The van der Waals surface area contributed by atoms with Crippen molar-refractivity contribution in [3.05, 3.63) is 187 Å². The van der Waals surface area contributed by atoms with Crippen LogP contribution in [0.3, 0.4) is 0 Å². The molecule has 0 saturated carbocycles. The molecule has 0 fully saturated rings. The van der Waals surface area contributed by atoms with Crippen molar-refractivity contribution in [2.45, 2.75) is 85.4 Å². The van der Waals surface area contributed by atoms with Crippen molar-refractivity contribution >= 4 is 67.8 Å². The summed E-state index contributed by atoms with van der Waals surface area (Å²) >= 11 is 0. The molecular weight excluding hydrogens is 1040 g/mol. The fourth-order valence-corrected chi connectivity index (χ4v) is 10.6. The molecule has 1 radical (unpaired) electrons. The third kappa shape index (κ3) is 9.12. The van der Waals surface area contributed by atoms with E-state index in [9.17, 15) is 0 Å². The van der Waals surface area contributed by atoms with Gasteiger partial charge in [0.25, 0.3) is 0 Å². The zero-order valence-electron chi connectivity index (χ0n) is 41.2. The summed E-state index contributed by atoms with van der Waals surface area (Å²) in [6, 6.07) is 60.7. The Kier molecular flexibility index (Phi) is 12.9. The summed E-state index contributed by atoms with van der Waals surface area (Å²) in [6.45, 7) is 22.8. The molecule has 0 aliphatic carbocycles. The van der Waals surface area contributed by atoms with E-state index in [1.54, 1.807) is 0 Å². The summed E-state index contributed by atoms with van der Waals surface area (Å²) in [5.74, 6) is 2.14. The largest absolute Gasteiger partial charge is 0.501 e. The number of hydrogen-bond acceptors (Lipinski definition) is 4. The fraction of sp³-hybridized carbons (Fsp3) is 0.210. The molecule has 0 amide bonds. The molecule has 69 heavy (non-hydrogen) atoms. The Hall–Kier alpha value is -6.50. The molecule has 0 atom stereocenters. The molecule has 3 aromatic heterocycles. The first-order valence-electron chi connectivity index (χ1n) is 23.9. The van der Waals surface area contributed by atoms with E-state index < -0.39 is 8.07 Å². The first kappa shape index (κ1) is 47.6. The molecule has 0 unspecified atom stereocenters. The summed E-state index contributed by atoms with van der Waals surface area (Å²) in [6.07, 6.45) is 1.81. The Balaban J connectivity index is 0.000000296. The zero-order valence-corrected chi connectivity index (χ0v) is 44.6. The number of hydrogen-bond donors (Lipinski definition) is 0. The smallest absolute Gasteiger partial charge is 0.121 e. The van der Waals surface area contributed by atoms with Gasteiger partial charge in [0, 0.05) is 48.5 Å². The molecule has 0 spiro atoms. The van der Waals surface area contributed by atoms with Crippen LogP contribution >= 0.6 is 0 Å². The van der Waals surface area contributed by atoms with E-state index in [0.29, 0.717) is 0 Å². The first-order chi connectivity index (χ1) is 32.6. The summed E-state index contributed by atoms with van der Waals surface area (Å²) in [5.41, 5.74) is 12.9. The Labute approximate surface area is 421 Å². The van der Waals surface area contributed by atoms with Gasteiger partial charge in [-0.1, -0.05) is 157 Å². The second-order valence-electron chi connectivity index (χ2n) is 20.7. The number of benzene rings is 8. The average molecular weight is 1100 g/mol. The number of fused-ring (bicyclic) bond motifs is 7. The minimum atomic E-state index is -1.43. The molecule has 11 aromatic rings. The Morgan fingerprint density at radius 3 is 1.99 bits per heavy atom. The molecular formula is C62H58IrN4OSi-2. The van der Waals surface area contributed by atoms with Crippen LogP contribution < -0.4 is 5.19 Å². The van der Waals surface area contributed by atoms with Gasteiger partial charge in [0.15, 0.2) is 0 Å². The van der Waals surface area contributed by atoms with Crippen LogP contribution in [0.25, 0.3) is 94.1 Å². The van der Waals surface area contributed by atoms with Gasteiger partial charge in [0.2, 0.25) is 0 Å². The van der Waals surface area contributed by atoms with Crippen molar-refractivity contribution in [1.29, 1.82) is 0 Å². The molecule has 5 nitrogen and oxygen atoms in total. The van der Waals surface area contributed by atoms with Crippen LogP contribution in [0.1, 0.15) is 77.1 Å². The monoisotopic (exact) mass is 1100 g/mol. The van der Waals surface area contributed by atoms with Crippen LogP contribution in [0, 0.1) is 12.1 Å². The van der Waals surface area contributed by atoms with Gasteiger partial charge in [-0.05, 0) is 98.1 Å². The van der Waals surface area contributed by atoms with Crippen molar-refractivity contribution in [3.63, 3.8) is 0 Å². The average Bonchev–Trinajstić information content (AvgIpc) is 3.91. The summed E-state index contributed by atoms with van der Waals surface area (Å²) in [4.78, 5) is 14.2. The van der Waals surface area contributed by atoms with Crippen LogP contribution in [0.15, 0.2) is 162 Å². The summed E-state index contributed by atoms with van der Waals surface area (Å²) in [7, 11) is -1.43. The number of para-hydroxylation sites is 2. The number of nitrogens with zero attached hydrogens (tertiary/aromatic N) is 4. The molecule has 0 N–H and O–H groups in total. The van der Waals surface area contributed by atoms with Gasteiger partial charge in [-0.3, -0.25) is 15.0 Å². The molecule has 8 aromatic carbocycles. The van der Waals surface area contributed by atoms with E-state index in [2.05, 4.69) is 210 Å². The van der Waals surface area contributed by atoms with Crippen LogP contribution in [-0.4, -0.2) is 27.6 Å². The second-order valence-corrected chi connectivity index (χ2v) is 25.8. The second kappa shape index (κ2) is 18.8. The third-order valence-corrected chi connectivity index (χ3v) is 15.2. The van der Waals surface area contributed by atoms with Gasteiger partial charge >= 0.3 is 0 Å². The van der Waals surface area contributed by atoms with Crippen LogP contribution in [0.4, 0.5) is 0 Å². The van der Waals surface area contributed by atoms with E-state index in [1.165, 1.54) is 54.7 Å². The van der Waals surface area contributed by atoms with Gasteiger partial charge in [-0.15, -0.1) is 54.1 Å². The number of furan rings is 1. The molecule has 0 aliphatic rings. The zero-order chi connectivity index (χ0) is 47.5. The van der Waals surface area contributed by atoms with Crippen molar-refractivity contribution in [1.82, 2.24) is 19.5 Å². The van der Waals surface area contributed by atoms with E-state index in [0.717, 1.165) is 61.4 Å². The van der Waals surface area contributed by atoms with E-state index in [-0.39, 0.29) is 37.4 Å². The topological polar surface area (TPSA) is 56.7 Å². The van der Waals surface area contributed by atoms with Gasteiger partial charge in [-0.2, -0.15) is 0 Å². The standard InChI is InChI=1S/C48H43N2OSi.C14H15N2.Ir/c1-29(2)39-26-34(31-14-9-8-10-15-31)27-40(30(3)4)46(39)50-44-19-12-11-18-43(44)49-48(50)38-17-13-16-37-42-25-33-21-20-32-24-35(52(5,6)7)22-23-36(32)41(33)28-45(42)51-47(37)38;1-14(2,3)12-9-10-15-13(16-12)11-7-5-4-6-8-11;/h8-16,18-30H,1-7H3;4-7,9-10H,1-3H3;/q2*-1;. The Bertz CT molecular complexity index is 3620. The maximum atomic E-state index is 6.91. The van der Waals surface area contributed by atoms with Gasteiger partial charge < -0.3 is 8.98 Å². The van der Waals surface area contributed by atoms with Gasteiger partial charge in [-0.25, -0.2) is 0 Å². The number of aromatic nitrogens is 4. The maximum Gasteiger partial charge on any atom is 0.121 e. The van der Waals surface area contributed by atoms with Crippen molar-refractivity contribution in [2.75, 3.05) is 0 Å². The quantitative estimate of drug-likeness (QED) is 0.0907. The molecule has 3 heterocycles. The number of rotatable bonds is 7. The van der Waals surface area contributed by atoms with Crippen molar-refractivity contribution < 1.29 is 24.5 Å². The maximum absolute atomic E-state index is 6.91. The molecule has 347 valence electrons. The molecule has 0 aliphatic heterocycles. The third-order valence-electron chi connectivity index (χ3n) is 13.2. The Morgan fingerprint density at radius 1 is 0.609 bits per heavy atom. The van der Waals surface area contributed by atoms with E-state index >= 15 is 0 Å². The minimum absolute atomic E-state index is 0. The Morgan fingerprint density at radius 2 is 1.30 bits per heavy atom. The summed E-state index contributed by atoms with van der Waals surface area (Å²) < 4.78 is 9.30. The summed E-state index contributed by atoms with van der Waals surface area (Å²) in [5, 5.41) is 8.63. The fourth-order valence-electron chi connectivity index (χ4n) is 9.41. The normalized spacial score (nSPS) is 12.1. The van der Waals surface area contributed by atoms with Gasteiger partial charge in [0.05, 0.1) is 36.3 Å². The predicted molar refractivity (Wildman–Crippen MR) is 289 cm³/mol. The molecule has 0 saturated heterocycles. The molecule has 7 heteroatoms. The first-order valence-corrected chi connectivity index (χ1v) is 27.4. The predicted octanol–water partition coefficient (Wildman–Crippen LogP) is 16.4. The molecule has 11 rings (SSSR count). The molecule has 0 bridgehead atoms. The van der Waals surface area contributed by atoms with Crippen LogP contribution in [-0.2, 0) is 25.5 Å². The van der Waals surface area contributed by atoms with E-state index in [4.69, 9.17) is 9.40 Å². The SMILES string of the molecule is CC(C)(C)c1ccnc(-c2[c-]cccc2)n1.CC(C)c1cc(-c2ccccc2)cc(C(C)C)c1-n1c(-c2[c-]ccc3c2oc2cc4c(ccc5cc([Si](C)(C)C)ccc54)cc23)nc2ccccc21.[Ir]. The van der Waals surface area contributed by atoms with Crippen molar-refractivity contribution in [3.8, 4) is 39.6 Å². The van der Waals surface area contributed by atoms with E-state index in [1.807, 2.05) is 42.6 Å². The minimum Gasteiger partial charge on any atom is -0.501 e. The van der Waals surface area contributed by atoms with Crippen molar-refractivity contribution in [2.24, 2.45) is 0 Å². The van der Waals surface area contributed by atoms with Gasteiger partial charge in [0.1, 0.15) is 5.58 Å². The number of imidazole rings is 1.